The molecule has 1 fully saturated rings. The molecule has 0 saturated carbocycles. The van der Waals surface area contributed by atoms with E-state index in [1.165, 1.54) is 0 Å². The second-order valence-corrected chi connectivity index (χ2v) is 7.02. The lowest BCUT2D eigenvalue weighted by molar-refractivity contribution is -0.121. The average molecular weight is 413 g/mol. The first-order chi connectivity index (χ1) is 13.9. The number of benzene rings is 2. The molecule has 0 bridgehead atoms. The molecule has 8 heteroatoms. The highest BCUT2D eigenvalue weighted by Crippen LogP contribution is 2.22. The van der Waals surface area contributed by atoms with Crippen molar-refractivity contribution in [2.45, 2.75) is 19.8 Å². The Bertz CT molecular complexity index is 952. The van der Waals surface area contributed by atoms with E-state index in [2.05, 4.69) is 21.5 Å². The Kier molecular flexibility index (Phi) is 6.51. The van der Waals surface area contributed by atoms with Gasteiger partial charge in [0.25, 0.3) is 5.91 Å². The first kappa shape index (κ1) is 20.4. The third-order valence-electron chi connectivity index (χ3n) is 4.44. The van der Waals surface area contributed by atoms with Crippen LogP contribution in [0.3, 0.4) is 0 Å². The van der Waals surface area contributed by atoms with Gasteiger partial charge in [-0.3, -0.25) is 25.2 Å². The Morgan fingerprint density at radius 3 is 2.45 bits per heavy atom. The molecule has 1 aliphatic rings. The van der Waals surface area contributed by atoms with Gasteiger partial charge in [0, 0.05) is 22.8 Å². The van der Waals surface area contributed by atoms with Gasteiger partial charge in [-0.25, -0.2) is 0 Å². The number of aryl methyl sites for hydroxylation is 1. The minimum atomic E-state index is -0.425. The average Bonchev–Trinajstić information content (AvgIpc) is 3.04. The summed E-state index contributed by atoms with van der Waals surface area (Å²) in [5.74, 6) is -0.993. The van der Waals surface area contributed by atoms with Crippen LogP contribution in [-0.4, -0.2) is 24.1 Å². The lowest BCUT2D eigenvalue weighted by Crippen LogP contribution is -2.29. The van der Waals surface area contributed by atoms with Gasteiger partial charge in [-0.15, -0.1) is 0 Å². The summed E-state index contributed by atoms with van der Waals surface area (Å²) in [5, 5.41) is 6.29. The van der Waals surface area contributed by atoms with Crippen molar-refractivity contribution in [3.63, 3.8) is 0 Å². The van der Waals surface area contributed by atoms with Crippen molar-refractivity contribution in [1.29, 1.82) is 0 Å². The molecule has 2 aromatic carbocycles. The molecule has 2 aromatic rings. The molecular formula is C21H21ClN4O3. The van der Waals surface area contributed by atoms with Crippen molar-refractivity contribution in [1.82, 2.24) is 10.7 Å². The number of hydrazine groups is 1. The van der Waals surface area contributed by atoms with Crippen LogP contribution < -0.4 is 21.5 Å². The van der Waals surface area contributed by atoms with E-state index < -0.39 is 5.91 Å². The van der Waals surface area contributed by atoms with Gasteiger partial charge < -0.3 is 10.6 Å². The van der Waals surface area contributed by atoms with Crippen molar-refractivity contribution < 1.29 is 14.4 Å². The Balaban J connectivity index is 1.68. The number of allylic oxidation sites excluding steroid dienone is 1. The van der Waals surface area contributed by atoms with Gasteiger partial charge in [-0.2, -0.15) is 0 Å². The van der Waals surface area contributed by atoms with Gasteiger partial charge in [0.1, 0.15) is 5.57 Å². The van der Waals surface area contributed by atoms with Crippen LogP contribution in [0.25, 0.3) is 0 Å². The summed E-state index contributed by atoms with van der Waals surface area (Å²) in [6.07, 6.45) is 0.288. The largest absolute Gasteiger partial charge is 0.358 e. The summed E-state index contributed by atoms with van der Waals surface area (Å²) in [4.78, 5) is 36.6. The third kappa shape index (κ3) is 5.36. The van der Waals surface area contributed by atoms with Gasteiger partial charge in [-0.1, -0.05) is 29.8 Å². The monoisotopic (exact) mass is 412 g/mol. The second-order valence-electron chi connectivity index (χ2n) is 6.58. The van der Waals surface area contributed by atoms with E-state index in [4.69, 9.17) is 11.6 Å². The maximum atomic E-state index is 12.2. The molecule has 0 aromatic heterocycles. The lowest BCUT2D eigenvalue weighted by atomic mass is 10.1. The predicted molar refractivity (Wildman–Crippen MR) is 112 cm³/mol. The van der Waals surface area contributed by atoms with E-state index in [0.717, 1.165) is 11.3 Å². The number of carbonyl (C=O) groups excluding carboxylic acids is 3. The van der Waals surface area contributed by atoms with Gasteiger partial charge in [0.05, 0.1) is 12.2 Å². The fourth-order valence-corrected chi connectivity index (χ4v) is 3.00. The van der Waals surface area contributed by atoms with Crippen LogP contribution in [0.4, 0.5) is 11.4 Å². The smallest absolute Gasteiger partial charge is 0.257 e. The van der Waals surface area contributed by atoms with Gasteiger partial charge in [0.2, 0.25) is 5.91 Å². The number of rotatable bonds is 7. The predicted octanol–water partition coefficient (Wildman–Crippen LogP) is 2.94. The number of amides is 2. The highest BCUT2D eigenvalue weighted by Gasteiger charge is 2.29. The molecule has 0 radical (unpaired) electrons. The van der Waals surface area contributed by atoms with Crippen LogP contribution in [0.1, 0.15) is 18.4 Å². The molecule has 0 atom stereocenters. The van der Waals surface area contributed by atoms with E-state index >= 15 is 0 Å². The summed E-state index contributed by atoms with van der Waals surface area (Å²) >= 11 is 5.83. The molecule has 3 rings (SSSR count). The highest BCUT2D eigenvalue weighted by atomic mass is 35.5. The SMILES string of the molecule is Cc1ccccc1NC(CCC(=O)NNc1ccc(Cl)cc1)=C1C(=O)CNC1=O. The van der Waals surface area contributed by atoms with Crippen LogP contribution in [-0.2, 0) is 14.4 Å². The van der Waals surface area contributed by atoms with Gasteiger partial charge in [0.15, 0.2) is 5.78 Å². The lowest BCUT2D eigenvalue weighted by Gasteiger charge is -2.15. The van der Waals surface area contributed by atoms with Crippen molar-refractivity contribution in [3.8, 4) is 0 Å². The molecule has 0 aliphatic carbocycles. The number of ketones is 1. The Hall–Kier alpha value is -3.32. The number of para-hydroxylation sites is 1. The minimum absolute atomic E-state index is 0.0303. The zero-order chi connectivity index (χ0) is 20.8. The number of hydrogen-bond donors (Lipinski definition) is 4. The molecule has 1 aliphatic heterocycles. The summed E-state index contributed by atoms with van der Waals surface area (Å²) < 4.78 is 0. The first-order valence-corrected chi connectivity index (χ1v) is 9.49. The van der Waals surface area contributed by atoms with Crippen molar-refractivity contribution in [2.24, 2.45) is 0 Å². The molecular weight excluding hydrogens is 392 g/mol. The zero-order valence-electron chi connectivity index (χ0n) is 15.8. The molecule has 4 N–H and O–H groups in total. The summed E-state index contributed by atoms with van der Waals surface area (Å²) in [7, 11) is 0. The molecule has 29 heavy (non-hydrogen) atoms. The van der Waals surface area contributed by atoms with E-state index in [-0.39, 0.29) is 36.6 Å². The quantitative estimate of drug-likeness (QED) is 0.318. The van der Waals surface area contributed by atoms with E-state index in [1.54, 1.807) is 24.3 Å². The minimum Gasteiger partial charge on any atom is -0.358 e. The number of Topliss-reactive ketones (excluding diaryl/α,β-unsaturated/α-hetero) is 1. The molecule has 2 amide bonds. The summed E-state index contributed by atoms with van der Waals surface area (Å²) in [6, 6.07) is 14.4. The maximum Gasteiger partial charge on any atom is 0.257 e. The molecule has 150 valence electrons. The van der Waals surface area contributed by atoms with Gasteiger partial charge >= 0.3 is 0 Å². The standard InChI is InChI=1S/C21H21ClN4O3/c1-13-4-2-3-5-16(13)24-17(20-18(27)12-23-21(20)29)10-11-19(28)26-25-15-8-6-14(22)7-9-15/h2-9,24-25H,10-12H2,1H3,(H,23,29)(H,26,28). The molecule has 1 saturated heterocycles. The first-order valence-electron chi connectivity index (χ1n) is 9.11. The Morgan fingerprint density at radius 2 is 1.79 bits per heavy atom. The number of nitrogens with one attached hydrogen (secondary N) is 4. The van der Waals surface area contributed by atoms with Crippen molar-refractivity contribution in [2.75, 3.05) is 17.3 Å². The normalized spacial score (nSPS) is 15.0. The number of anilines is 2. The Morgan fingerprint density at radius 1 is 1.07 bits per heavy atom. The summed E-state index contributed by atoms with van der Waals surface area (Å²) in [6.45, 7) is 1.89. The highest BCUT2D eigenvalue weighted by molar-refractivity contribution is 6.30. The Labute approximate surface area is 173 Å². The van der Waals surface area contributed by atoms with Crippen LogP contribution in [0, 0.1) is 6.92 Å². The summed E-state index contributed by atoms with van der Waals surface area (Å²) in [5.41, 5.74) is 8.33. The number of halogens is 1. The molecule has 0 unspecified atom stereocenters. The molecule has 7 nitrogen and oxygen atoms in total. The van der Waals surface area contributed by atoms with E-state index in [0.29, 0.717) is 16.4 Å². The fraction of sp³-hybridized carbons (Fsp3) is 0.190. The third-order valence-corrected chi connectivity index (χ3v) is 4.69. The number of hydrogen-bond acceptors (Lipinski definition) is 5. The molecule has 1 heterocycles. The van der Waals surface area contributed by atoms with Crippen LogP contribution in [0.5, 0.6) is 0 Å². The zero-order valence-corrected chi connectivity index (χ0v) is 16.6. The second kappa shape index (κ2) is 9.25. The van der Waals surface area contributed by atoms with Crippen molar-refractivity contribution >= 4 is 40.6 Å². The fourth-order valence-electron chi connectivity index (χ4n) is 2.87. The van der Waals surface area contributed by atoms with Crippen molar-refractivity contribution in [3.05, 3.63) is 70.4 Å². The number of carbonyl (C=O) groups is 3. The van der Waals surface area contributed by atoms with E-state index in [1.807, 2.05) is 31.2 Å². The maximum absolute atomic E-state index is 12.2. The topological polar surface area (TPSA) is 99.3 Å². The van der Waals surface area contributed by atoms with Crippen LogP contribution in [0.15, 0.2) is 59.8 Å². The van der Waals surface area contributed by atoms with Gasteiger partial charge in [-0.05, 0) is 49.2 Å². The van der Waals surface area contributed by atoms with Crippen LogP contribution >= 0.6 is 11.6 Å². The van der Waals surface area contributed by atoms with Crippen LogP contribution in [0.2, 0.25) is 5.02 Å². The molecule has 0 spiro atoms. The van der Waals surface area contributed by atoms with E-state index in [9.17, 15) is 14.4 Å².